The minimum Gasteiger partial charge on any atom is -0.377 e. The zero-order valence-corrected chi connectivity index (χ0v) is 9.59. The Morgan fingerprint density at radius 2 is 2.31 bits per heavy atom. The van der Waals surface area contributed by atoms with Gasteiger partial charge in [0.15, 0.2) is 0 Å². The molecule has 0 aliphatic heterocycles. The zero-order valence-electron chi connectivity index (χ0n) is 9.59. The van der Waals surface area contributed by atoms with E-state index in [0.717, 1.165) is 12.1 Å². The van der Waals surface area contributed by atoms with E-state index in [9.17, 15) is 0 Å². The molecule has 0 radical (unpaired) electrons. The molecule has 0 saturated carbocycles. The highest BCUT2D eigenvalue weighted by Gasteiger charge is 2.10. The standard InChI is InChI=1S/C12H16N4/c1-3-12(10-7-14-16(2)9-10)15-11-5-4-6-13-8-11/h4-9,12,15H,3H2,1-2H3. The fourth-order valence-electron chi connectivity index (χ4n) is 1.69. The van der Waals surface area contributed by atoms with Crippen molar-refractivity contribution in [2.24, 2.45) is 7.05 Å². The van der Waals surface area contributed by atoms with Gasteiger partial charge in [-0.2, -0.15) is 5.10 Å². The average molecular weight is 216 g/mol. The largest absolute Gasteiger partial charge is 0.377 e. The third-order valence-electron chi connectivity index (χ3n) is 2.54. The molecule has 0 spiro atoms. The number of aromatic nitrogens is 3. The predicted molar refractivity (Wildman–Crippen MR) is 64.1 cm³/mol. The van der Waals surface area contributed by atoms with Crippen LogP contribution in [0.2, 0.25) is 0 Å². The van der Waals surface area contributed by atoms with Gasteiger partial charge in [-0.05, 0) is 18.6 Å². The molecule has 0 fully saturated rings. The van der Waals surface area contributed by atoms with Gasteiger partial charge in [0.1, 0.15) is 0 Å². The highest BCUT2D eigenvalue weighted by atomic mass is 15.2. The maximum atomic E-state index is 4.19. The molecule has 2 heterocycles. The van der Waals surface area contributed by atoms with Crippen LogP contribution in [0.25, 0.3) is 0 Å². The lowest BCUT2D eigenvalue weighted by Gasteiger charge is -2.16. The van der Waals surface area contributed by atoms with Crippen LogP contribution in [0.15, 0.2) is 36.9 Å². The summed E-state index contributed by atoms with van der Waals surface area (Å²) in [6, 6.07) is 4.24. The van der Waals surface area contributed by atoms with E-state index in [2.05, 4.69) is 22.3 Å². The van der Waals surface area contributed by atoms with Crippen molar-refractivity contribution in [3.63, 3.8) is 0 Å². The molecule has 4 heteroatoms. The average Bonchev–Trinajstić information content (AvgIpc) is 2.74. The lowest BCUT2D eigenvalue weighted by Crippen LogP contribution is -2.08. The second-order valence-corrected chi connectivity index (χ2v) is 3.79. The number of rotatable bonds is 4. The van der Waals surface area contributed by atoms with Crippen molar-refractivity contribution >= 4 is 5.69 Å². The zero-order chi connectivity index (χ0) is 11.4. The summed E-state index contributed by atoms with van der Waals surface area (Å²) >= 11 is 0. The third kappa shape index (κ3) is 2.39. The molecule has 0 saturated heterocycles. The van der Waals surface area contributed by atoms with Gasteiger partial charge in [0.05, 0.1) is 17.9 Å². The number of aryl methyl sites for hydroxylation is 1. The lowest BCUT2D eigenvalue weighted by molar-refractivity contribution is 0.740. The van der Waals surface area contributed by atoms with Crippen molar-refractivity contribution < 1.29 is 0 Å². The van der Waals surface area contributed by atoms with E-state index in [1.54, 1.807) is 6.20 Å². The van der Waals surface area contributed by atoms with E-state index < -0.39 is 0 Å². The Morgan fingerprint density at radius 1 is 1.44 bits per heavy atom. The summed E-state index contributed by atoms with van der Waals surface area (Å²) in [4.78, 5) is 4.09. The Hall–Kier alpha value is -1.84. The molecule has 1 atom stereocenters. The summed E-state index contributed by atoms with van der Waals surface area (Å²) in [5.74, 6) is 0. The summed E-state index contributed by atoms with van der Waals surface area (Å²) < 4.78 is 1.82. The number of anilines is 1. The molecule has 0 aliphatic rings. The van der Waals surface area contributed by atoms with E-state index >= 15 is 0 Å². The Labute approximate surface area is 95.3 Å². The van der Waals surface area contributed by atoms with Gasteiger partial charge >= 0.3 is 0 Å². The molecule has 1 N–H and O–H groups in total. The quantitative estimate of drug-likeness (QED) is 0.853. The summed E-state index contributed by atoms with van der Waals surface area (Å²) in [5.41, 5.74) is 2.24. The number of nitrogens with zero attached hydrogens (tertiary/aromatic N) is 3. The lowest BCUT2D eigenvalue weighted by atomic mass is 10.1. The fourth-order valence-corrected chi connectivity index (χ4v) is 1.69. The topological polar surface area (TPSA) is 42.7 Å². The minimum atomic E-state index is 0.290. The van der Waals surface area contributed by atoms with E-state index in [1.807, 2.05) is 42.5 Å². The molecule has 0 aromatic carbocycles. The van der Waals surface area contributed by atoms with Crippen LogP contribution in [-0.4, -0.2) is 14.8 Å². The fraction of sp³-hybridized carbons (Fsp3) is 0.333. The molecule has 2 aromatic heterocycles. The van der Waals surface area contributed by atoms with Crippen molar-refractivity contribution in [3.8, 4) is 0 Å². The van der Waals surface area contributed by atoms with E-state index in [4.69, 9.17) is 0 Å². The van der Waals surface area contributed by atoms with Crippen LogP contribution >= 0.6 is 0 Å². The van der Waals surface area contributed by atoms with Gasteiger partial charge in [0.25, 0.3) is 0 Å². The smallest absolute Gasteiger partial charge is 0.0542 e. The second kappa shape index (κ2) is 4.79. The Kier molecular flexibility index (Phi) is 3.19. The summed E-state index contributed by atoms with van der Waals surface area (Å²) in [7, 11) is 1.93. The third-order valence-corrected chi connectivity index (χ3v) is 2.54. The molecule has 2 aromatic rings. The van der Waals surface area contributed by atoms with Crippen LogP contribution in [0.4, 0.5) is 5.69 Å². The maximum absolute atomic E-state index is 4.19. The van der Waals surface area contributed by atoms with Crippen LogP contribution in [0, 0.1) is 0 Å². The van der Waals surface area contributed by atoms with E-state index in [1.165, 1.54) is 5.56 Å². The highest BCUT2D eigenvalue weighted by molar-refractivity contribution is 5.42. The molecule has 2 rings (SSSR count). The molecule has 4 nitrogen and oxygen atoms in total. The summed E-state index contributed by atoms with van der Waals surface area (Å²) in [5, 5.41) is 7.63. The van der Waals surface area contributed by atoms with Crippen LogP contribution in [-0.2, 0) is 7.05 Å². The van der Waals surface area contributed by atoms with E-state index in [0.29, 0.717) is 0 Å². The molecule has 0 amide bonds. The molecule has 16 heavy (non-hydrogen) atoms. The van der Waals surface area contributed by atoms with Gasteiger partial charge < -0.3 is 5.32 Å². The van der Waals surface area contributed by atoms with Crippen molar-refractivity contribution in [2.45, 2.75) is 19.4 Å². The number of hydrogen-bond donors (Lipinski definition) is 1. The molecule has 0 aliphatic carbocycles. The van der Waals surface area contributed by atoms with Gasteiger partial charge in [-0.25, -0.2) is 0 Å². The Morgan fingerprint density at radius 3 is 2.88 bits per heavy atom. The molecule has 1 unspecified atom stereocenters. The number of pyridine rings is 1. The van der Waals surface area contributed by atoms with Crippen molar-refractivity contribution in [2.75, 3.05) is 5.32 Å². The number of nitrogens with one attached hydrogen (secondary N) is 1. The monoisotopic (exact) mass is 216 g/mol. The number of hydrogen-bond acceptors (Lipinski definition) is 3. The molecule has 84 valence electrons. The van der Waals surface area contributed by atoms with E-state index in [-0.39, 0.29) is 6.04 Å². The van der Waals surface area contributed by atoms with Crippen molar-refractivity contribution in [3.05, 3.63) is 42.5 Å². The highest BCUT2D eigenvalue weighted by Crippen LogP contribution is 2.20. The normalized spacial score (nSPS) is 12.4. The Balaban J connectivity index is 2.12. The van der Waals surface area contributed by atoms with Crippen LogP contribution in [0.1, 0.15) is 24.9 Å². The van der Waals surface area contributed by atoms with Gasteiger partial charge in [0.2, 0.25) is 0 Å². The molecular weight excluding hydrogens is 200 g/mol. The SMILES string of the molecule is CCC(Nc1cccnc1)c1cnn(C)c1. The maximum Gasteiger partial charge on any atom is 0.0542 e. The first-order valence-corrected chi connectivity index (χ1v) is 5.44. The predicted octanol–water partition coefficient (Wildman–Crippen LogP) is 2.38. The van der Waals surface area contributed by atoms with Gasteiger partial charge in [-0.15, -0.1) is 0 Å². The van der Waals surface area contributed by atoms with Gasteiger partial charge in [0, 0.05) is 31.2 Å². The van der Waals surface area contributed by atoms with Crippen molar-refractivity contribution in [1.82, 2.24) is 14.8 Å². The first kappa shape index (κ1) is 10.7. The van der Waals surface area contributed by atoms with Gasteiger partial charge in [-0.1, -0.05) is 6.92 Å². The van der Waals surface area contributed by atoms with Gasteiger partial charge in [-0.3, -0.25) is 9.67 Å². The van der Waals surface area contributed by atoms with Crippen LogP contribution in [0.3, 0.4) is 0 Å². The van der Waals surface area contributed by atoms with Crippen LogP contribution in [0.5, 0.6) is 0 Å². The molecule has 0 bridgehead atoms. The van der Waals surface area contributed by atoms with Crippen molar-refractivity contribution in [1.29, 1.82) is 0 Å². The Bertz CT molecular complexity index is 435. The first-order chi connectivity index (χ1) is 7.79. The summed E-state index contributed by atoms with van der Waals surface area (Å²) in [6.07, 6.45) is 8.56. The first-order valence-electron chi connectivity index (χ1n) is 5.44. The minimum absolute atomic E-state index is 0.290. The second-order valence-electron chi connectivity index (χ2n) is 3.79. The molecular formula is C12H16N4. The van der Waals surface area contributed by atoms with Crippen LogP contribution < -0.4 is 5.32 Å². The summed E-state index contributed by atoms with van der Waals surface area (Å²) in [6.45, 7) is 2.15.